The zero-order valence-corrected chi connectivity index (χ0v) is 10.0. The van der Waals surface area contributed by atoms with Gasteiger partial charge in [0.1, 0.15) is 6.04 Å². The number of esters is 1. The van der Waals surface area contributed by atoms with Crippen molar-refractivity contribution in [1.82, 2.24) is 4.90 Å². The SMILES string of the molecule is COCC(C)N(C)CCC(N)C(=O)OC. The Bertz CT molecular complexity index is 188. The number of hydrogen-bond donors (Lipinski definition) is 1. The fourth-order valence-corrected chi connectivity index (χ4v) is 1.20. The molecular weight excluding hydrogens is 196 g/mol. The van der Waals surface area contributed by atoms with E-state index in [9.17, 15) is 4.79 Å². The molecule has 2 unspecified atom stereocenters. The van der Waals surface area contributed by atoms with Crippen LogP contribution in [0.5, 0.6) is 0 Å². The second-order valence-corrected chi connectivity index (χ2v) is 3.70. The normalized spacial score (nSPS) is 15.1. The monoisotopic (exact) mass is 218 g/mol. The Hall–Kier alpha value is -0.650. The molecule has 0 aromatic carbocycles. The van der Waals surface area contributed by atoms with Gasteiger partial charge in [-0.2, -0.15) is 0 Å². The van der Waals surface area contributed by atoms with E-state index in [4.69, 9.17) is 10.5 Å². The largest absolute Gasteiger partial charge is 0.468 e. The molecule has 0 aromatic rings. The highest BCUT2D eigenvalue weighted by molar-refractivity contribution is 5.75. The predicted molar refractivity (Wildman–Crippen MR) is 58.6 cm³/mol. The van der Waals surface area contributed by atoms with Crippen LogP contribution >= 0.6 is 0 Å². The van der Waals surface area contributed by atoms with Gasteiger partial charge in [-0.3, -0.25) is 4.79 Å². The molecule has 0 aromatic heterocycles. The summed E-state index contributed by atoms with van der Waals surface area (Å²) in [5, 5.41) is 0. The van der Waals surface area contributed by atoms with Crippen LogP contribution in [-0.2, 0) is 14.3 Å². The smallest absolute Gasteiger partial charge is 0.322 e. The molecular formula is C10H22N2O3. The van der Waals surface area contributed by atoms with Gasteiger partial charge in [-0.15, -0.1) is 0 Å². The van der Waals surface area contributed by atoms with E-state index >= 15 is 0 Å². The molecule has 0 aliphatic rings. The Morgan fingerprint density at radius 2 is 2.07 bits per heavy atom. The van der Waals surface area contributed by atoms with Gasteiger partial charge in [0.05, 0.1) is 13.7 Å². The van der Waals surface area contributed by atoms with Crippen LogP contribution in [0, 0.1) is 0 Å². The molecule has 0 spiro atoms. The summed E-state index contributed by atoms with van der Waals surface area (Å²) in [6.45, 7) is 3.48. The second-order valence-electron chi connectivity index (χ2n) is 3.70. The first kappa shape index (κ1) is 14.3. The number of nitrogens with two attached hydrogens (primary N) is 1. The topological polar surface area (TPSA) is 64.8 Å². The first-order chi connectivity index (χ1) is 7.02. The van der Waals surface area contributed by atoms with Gasteiger partial charge in [0.2, 0.25) is 0 Å². The average molecular weight is 218 g/mol. The van der Waals surface area contributed by atoms with E-state index in [1.807, 2.05) is 7.05 Å². The van der Waals surface area contributed by atoms with E-state index in [1.165, 1.54) is 7.11 Å². The summed E-state index contributed by atoms with van der Waals surface area (Å²) in [5.74, 6) is -0.359. The molecule has 90 valence electrons. The van der Waals surface area contributed by atoms with Crippen molar-refractivity contribution in [3.05, 3.63) is 0 Å². The van der Waals surface area contributed by atoms with Gasteiger partial charge < -0.3 is 20.1 Å². The maximum atomic E-state index is 11.0. The summed E-state index contributed by atoms with van der Waals surface area (Å²) in [7, 11) is 5.00. The first-order valence-electron chi connectivity index (χ1n) is 5.05. The number of rotatable bonds is 7. The minimum Gasteiger partial charge on any atom is -0.468 e. The maximum Gasteiger partial charge on any atom is 0.322 e. The van der Waals surface area contributed by atoms with Crippen LogP contribution in [0.3, 0.4) is 0 Å². The lowest BCUT2D eigenvalue weighted by atomic mass is 10.2. The molecule has 0 aliphatic heterocycles. The molecule has 0 amide bonds. The van der Waals surface area contributed by atoms with Crippen LogP contribution in [-0.4, -0.2) is 57.4 Å². The van der Waals surface area contributed by atoms with Crippen LogP contribution in [0.2, 0.25) is 0 Å². The number of hydrogen-bond acceptors (Lipinski definition) is 5. The molecule has 0 radical (unpaired) electrons. The van der Waals surface area contributed by atoms with E-state index in [-0.39, 0.29) is 5.97 Å². The number of methoxy groups -OCH3 is 2. The van der Waals surface area contributed by atoms with Crippen LogP contribution in [0.1, 0.15) is 13.3 Å². The van der Waals surface area contributed by atoms with Crippen molar-refractivity contribution in [3.8, 4) is 0 Å². The lowest BCUT2D eigenvalue weighted by Crippen LogP contribution is -2.39. The van der Waals surface area contributed by atoms with E-state index in [0.29, 0.717) is 19.1 Å². The number of carbonyl (C=O) groups excluding carboxylic acids is 1. The van der Waals surface area contributed by atoms with Crippen molar-refractivity contribution in [2.45, 2.75) is 25.4 Å². The van der Waals surface area contributed by atoms with Gasteiger partial charge in [0.15, 0.2) is 0 Å². The maximum absolute atomic E-state index is 11.0. The molecule has 0 rings (SSSR count). The molecule has 15 heavy (non-hydrogen) atoms. The van der Waals surface area contributed by atoms with Gasteiger partial charge in [-0.1, -0.05) is 0 Å². The first-order valence-corrected chi connectivity index (χ1v) is 5.05. The second kappa shape index (κ2) is 7.62. The molecule has 0 saturated carbocycles. The Morgan fingerprint density at radius 3 is 2.53 bits per heavy atom. The van der Waals surface area contributed by atoms with Crippen molar-refractivity contribution < 1.29 is 14.3 Å². The number of ether oxygens (including phenoxy) is 2. The highest BCUT2D eigenvalue weighted by Gasteiger charge is 2.16. The van der Waals surface area contributed by atoms with Crippen LogP contribution in [0.4, 0.5) is 0 Å². The van der Waals surface area contributed by atoms with Gasteiger partial charge in [-0.25, -0.2) is 0 Å². The molecule has 5 nitrogen and oxygen atoms in total. The third-order valence-electron chi connectivity index (χ3n) is 2.46. The lowest BCUT2D eigenvalue weighted by Gasteiger charge is -2.24. The minimum absolute atomic E-state index is 0.319. The van der Waals surface area contributed by atoms with E-state index in [1.54, 1.807) is 7.11 Å². The third-order valence-corrected chi connectivity index (χ3v) is 2.46. The van der Waals surface area contributed by atoms with Crippen molar-refractivity contribution in [3.63, 3.8) is 0 Å². The zero-order chi connectivity index (χ0) is 11.8. The Labute approximate surface area is 91.5 Å². The quantitative estimate of drug-likeness (QED) is 0.602. The summed E-state index contributed by atoms with van der Waals surface area (Å²) < 4.78 is 9.58. The predicted octanol–water partition coefficient (Wildman–Crippen LogP) is -0.156. The van der Waals surface area contributed by atoms with Crippen molar-refractivity contribution in [2.75, 3.05) is 34.4 Å². The molecule has 5 heteroatoms. The van der Waals surface area contributed by atoms with Crippen LogP contribution in [0.15, 0.2) is 0 Å². The summed E-state index contributed by atoms with van der Waals surface area (Å²) in [6, 6.07) is -0.216. The standard InChI is InChI=1S/C10H22N2O3/c1-8(7-14-3)12(2)6-5-9(11)10(13)15-4/h8-9H,5-7,11H2,1-4H3. The van der Waals surface area contributed by atoms with Gasteiger partial charge >= 0.3 is 5.97 Å². The van der Waals surface area contributed by atoms with Crippen molar-refractivity contribution >= 4 is 5.97 Å². The number of likely N-dealkylation sites (N-methyl/N-ethyl adjacent to an activating group) is 1. The van der Waals surface area contributed by atoms with Gasteiger partial charge in [-0.05, 0) is 20.4 Å². The molecule has 0 fully saturated rings. The zero-order valence-electron chi connectivity index (χ0n) is 10.0. The summed E-state index contributed by atoms with van der Waals surface area (Å²) >= 11 is 0. The third kappa shape index (κ3) is 5.71. The Balaban J connectivity index is 3.79. The Morgan fingerprint density at radius 1 is 1.47 bits per heavy atom. The highest BCUT2D eigenvalue weighted by atomic mass is 16.5. The summed E-state index contributed by atoms with van der Waals surface area (Å²) in [5.41, 5.74) is 5.62. The van der Waals surface area contributed by atoms with E-state index in [2.05, 4.69) is 16.6 Å². The number of carbonyl (C=O) groups is 1. The summed E-state index contributed by atoms with van der Waals surface area (Å²) in [6.07, 6.45) is 0.594. The van der Waals surface area contributed by atoms with Gasteiger partial charge in [0, 0.05) is 19.7 Å². The molecule has 2 atom stereocenters. The average Bonchev–Trinajstić information content (AvgIpc) is 2.24. The molecule has 2 N–H and O–H groups in total. The van der Waals surface area contributed by atoms with Crippen LogP contribution in [0.25, 0.3) is 0 Å². The minimum atomic E-state index is -0.535. The van der Waals surface area contributed by atoms with Crippen LogP contribution < -0.4 is 5.73 Å². The van der Waals surface area contributed by atoms with Crippen molar-refractivity contribution in [2.24, 2.45) is 5.73 Å². The number of nitrogens with zero attached hydrogens (tertiary/aromatic N) is 1. The molecule has 0 heterocycles. The molecule has 0 saturated heterocycles. The van der Waals surface area contributed by atoms with E-state index in [0.717, 1.165) is 6.54 Å². The van der Waals surface area contributed by atoms with Gasteiger partial charge in [0.25, 0.3) is 0 Å². The Kier molecular flexibility index (Phi) is 7.29. The fraction of sp³-hybridized carbons (Fsp3) is 0.900. The summed E-state index contributed by atoms with van der Waals surface area (Å²) in [4.78, 5) is 13.1. The van der Waals surface area contributed by atoms with Crippen molar-refractivity contribution in [1.29, 1.82) is 0 Å². The highest BCUT2D eigenvalue weighted by Crippen LogP contribution is 2.00. The molecule has 0 aliphatic carbocycles. The fourth-order valence-electron chi connectivity index (χ4n) is 1.20. The van der Waals surface area contributed by atoms with E-state index < -0.39 is 6.04 Å². The lowest BCUT2D eigenvalue weighted by molar-refractivity contribution is -0.142. The molecule has 0 bridgehead atoms.